The van der Waals surface area contributed by atoms with Crippen molar-refractivity contribution in [2.45, 2.75) is 30.3 Å². The van der Waals surface area contributed by atoms with Gasteiger partial charge in [-0.1, -0.05) is 12.1 Å². The van der Waals surface area contributed by atoms with Gasteiger partial charge >= 0.3 is 0 Å². The first kappa shape index (κ1) is 17.4. The Morgan fingerprint density at radius 2 is 1.93 bits per heavy atom. The van der Waals surface area contributed by atoms with Gasteiger partial charge < -0.3 is 9.72 Å². The van der Waals surface area contributed by atoms with E-state index in [1.165, 1.54) is 0 Å². The van der Waals surface area contributed by atoms with Crippen molar-refractivity contribution in [3.05, 3.63) is 66.1 Å². The van der Waals surface area contributed by atoms with Crippen LogP contribution in [0.15, 0.2) is 59.9 Å². The number of benzene rings is 1. The SMILES string of the molecule is O=C(NCc1ccc(S(=O)(=O)N2C[C@H]3C[C@@H]2C3)cc1)c1ccc2nccn2c1. The molecule has 0 radical (unpaired) electrons. The number of hydrogen-bond acceptors (Lipinski definition) is 4. The summed E-state index contributed by atoms with van der Waals surface area (Å²) in [6.07, 6.45) is 7.19. The fourth-order valence-electron chi connectivity index (χ4n) is 4.04. The summed E-state index contributed by atoms with van der Waals surface area (Å²) in [4.78, 5) is 16.9. The first-order valence-electron chi connectivity index (χ1n) is 9.32. The molecule has 1 saturated carbocycles. The largest absolute Gasteiger partial charge is 0.348 e. The molecule has 0 atom stereocenters. The van der Waals surface area contributed by atoms with Crippen LogP contribution in [0.4, 0.5) is 0 Å². The molecule has 2 saturated heterocycles. The lowest BCUT2D eigenvalue weighted by molar-refractivity contribution is 0.0950. The van der Waals surface area contributed by atoms with Gasteiger partial charge in [0.2, 0.25) is 10.0 Å². The molecule has 0 spiro atoms. The summed E-state index contributed by atoms with van der Waals surface area (Å²) in [7, 11) is -3.42. The molecule has 144 valence electrons. The van der Waals surface area contributed by atoms with E-state index in [9.17, 15) is 13.2 Å². The van der Waals surface area contributed by atoms with Crippen molar-refractivity contribution in [1.29, 1.82) is 0 Å². The number of hydrogen-bond donors (Lipinski definition) is 1. The molecule has 28 heavy (non-hydrogen) atoms. The summed E-state index contributed by atoms with van der Waals surface area (Å²) < 4.78 is 29.0. The van der Waals surface area contributed by atoms with E-state index in [0.29, 0.717) is 29.5 Å². The van der Waals surface area contributed by atoms with Crippen LogP contribution < -0.4 is 5.32 Å². The van der Waals surface area contributed by atoms with Crippen LogP contribution in [0.1, 0.15) is 28.8 Å². The quantitative estimate of drug-likeness (QED) is 0.715. The molecule has 6 rings (SSSR count). The van der Waals surface area contributed by atoms with Crippen molar-refractivity contribution in [2.24, 2.45) is 5.92 Å². The summed E-state index contributed by atoms with van der Waals surface area (Å²) >= 11 is 0. The number of carbonyl (C=O) groups excluding carboxylic acids is 1. The van der Waals surface area contributed by atoms with Crippen molar-refractivity contribution in [1.82, 2.24) is 19.0 Å². The Kier molecular flexibility index (Phi) is 3.99. The second-order valence-corrected chi connectivity index (χ2v) is 9.39. The third-order valence-electron chi connectivity index (χ3n) is 5.69. The number of nitrogens with zero attached hydrogens (tertiary/aromatic N) is 3. The highest BCUT2D eigenvalue weighted by Crippen LogP contribution is 2.43. The molecular formula is C20H20N4O3S. The Morgan fingerprint density at radius 1 is 1.14 bits per heavy atom. The van der Waals surface area contributed by atoms with Gasteiger partial charge in [-0.25, -0.2) is 13.4 Å². The Hall–Kier alpha value is -2.71. The smallest absolute Gasteiger partial charge is 0.253 e. The van der Waals surface area contributed by atoms with E-state index in [2.05, 4.69) is 10.3 Å². The van der Waals surface area contributed by atoms with Gasteiger partial charge in [-0.15, -0.1) is 0 Å². The van der Waals surface area contributed by atoms with Crippen LogP contribution >= 0.6 is 0 Å². The van der Waals surface area contributed by atoms with Crippen LogP contribution in [0, 0.1) is 5.92 Å². The zero-order chi connectivity index (χ0) is 19.3. The van der Waals surface area contributed by atoms with Gasteiger partial charge in [0.25, 0.3) is 5.91 Å². The Morgan fingerprint density at radius 3 is 2.64 bits per heavy atom. The normalized spacial score (nSPS) is 21.6. The van der Waals surface area contributed by atoms with Crippen LogP contribution in [0.2, 0.25) is 0 Å². The minimum Gasteiger partial charge on any atom is -0.348 e. The topological polar surface area (TPSA) is 83.8 Å². The molecule has 2 bridgehead atoms. The van der Waals surface area contributed by atoms with E-state index in [0.717, 1.165) is 24.1 Å². The summed E-state index contributed by atoms with van der Waals surface area (Å²) in [5.74, 6) is 0.347. The summed E-state index contributed by atoms with van der Waals surface area (Å²) in [5, 5.41) is 2.87. The summed E-state index contributed by atoms with van der Waals surface area (Å²) in [5.41, 5.74) is 2.17. The van der Waals surface area contributed by atoms with Crippen LogP contribution in [-0.4, -0.2) is 40.6 Å². The number of pyridine rings is 1. The van der Waals surface area contributed by atoms with Gasteiger partial charge in [0.1, 0.15) is 5.65 Å². The van der Waals surface area contributed by atoms with E-state index in [1.54, 1.807) is 63.7 Å². The zero-order valence-corrected chi connectivity index (χ0v) is 16.0. The van der Waals surface area contributed by atoms with Crippen molar-refractivity contribution < 1.29 is 13.2 Å². The average Bonchev–Trinajstić information content (AvgIpc) is 3.40. The standard InChI is InChI=1S/C20H20N4O3S/c25-20(16-3-6-19-21-7-8-23(19)13-16)22-11-14-1-4-18(5-2-14)28(26,27)24-12-15-9-17(24)10-15/h1-8,13,15,17H,9-12H2,(H,22,25)/t15-,17+. The lowest BCUT2D eigenvalue weighted by Crippen LogP contribution is -2.34. The fraction of sp³-hybridized carbons (Fsp3) is 0.300. The number of amides is 1. The molecule has 7 nitrogen and oxygen atoms in total. The molecule has 2 aliphatic heterocycles. The maximum absolute atomic E-state index is 12.8. The van der Waals surface area contributed by atoms with Crippen molar-refractivity contribution in [3.63, 3.8) is 0 Å². The molecule has 3 aromatic rings. The predicted octanol–water partition coefficient (Wildman–Crippen LogP) is 2.05. The Labute approximate surface area is 163 Å². The van der Waals surface area contributed by atoms with Crippen molar-refractivity contribution in [2.75, 3.05) is 6.54 Å². The van der Waals surface area contributed by atoms with Gasteiger partial charge in [-0.2, -0.15) is 4.31 Å². The van der Waals surface area contributed by atoms with Crippen LogP contribution in [0.25, 0.3) is 5.65 Å². The van der Waals surface area contributed by atoms with Crippen molar-refractivity contribution >= 4 is 21.6 Å². The Balaban J connectivity index is 1.25. The van der Waals surface area contributed by atoms with Gasteiger partial charge in [0, 0.05) is 37.7 Å². The highest BCUT2D eigenvalue weighted by atomic mass is 32.2. The summed E-state index contributed by atoms with van der Waals surface area (Å²) in [6.45, 7) is 0.974. The molecule has 0 unspecified atom stereocenters. The number of rotatable bonds is 5. The van der Waals surface area contributed by atoms with Gasteiger partial charge in [-0.3, -0.25) is 4.79 Å². The Bertz CT molecular complexity index is 1150. The van der Waals surface area contributed by atoms with E-state index < -0.39 is 10.0 Å². The number of imidazole rings is 1. The molecule has 1 aliphatic carbocycles. The minimum atomic E-state index is -3.42. The van der Waals surface area contributed by atoms with E-state index in [4.69, 9.17) is 0 Å². The van der Waals surface area contributed by atoms with Crippen LogP contribution in [0.3, 0.4) is 0 Å². The number of sulfonamides is 1. The van der Waals surface area contributed by atoms with Gasteiger partial charge in [0.05, 0.1) is 10.5 Å². The van der Waals surface area contributed by atoms with E-state index in [1.807, 2.05) is 0 Å². The highest BCUT2D eigenvalue weighted by Gasteiger charge is 2.48. The lowest BCUT2D eigenvalue weighted by Gasteiger charge is -2.25. The number of carbonyl (C=O) groups is 1. The molecule has 4 heterocycles. The first-order chi connectivity index (χ1) is 13.5. The summed E-state index contributed by atoms with van der Waals surface area (Å²) in [6, 6.07) is 10.5. The number of aromatic nitrogens is 2. The molecule has 1 aromatic carbocycles. The number of fused-ring (bicyclic) bond motifs is 2. The monoisotopic (exact) mass is 396 g/mol. The van der Waals surface area contributed by atoms with E-state index in [-0.39, 0.29) is 11.9 Å². The minimum absolute atomic E-state index is 0.182. The highest BCUT2D eigenvalue weighted by molar-refractivity contribution is 7.89. The zero-order valence-electron chi connectivity index (χ0n) is 15.2. The van der Waals surface area contributed by atoms with Crippen LogP contribution in [-0.2, 0) is 16.6 Å². The van der Waals surface area contributed by atoms with Gasteiger partial charge in [0.15, 0.2) is 0 Å². The second-order valence-electron chi connectivity index (χ2n) is 7.50. The van der Waals surface area contributed by atoms with Gasteiger partial charge in [-0.05, 0) is 48.6 Å². The van der Waals surface area contributed by atoms with E-state index >= 15 is 0 Å². The molecule has 1 N–H and O–H groups in total. The maximum atomic E-state index is 12.8. The molecule has 2 aromatic heterocycles. The first-order valence-corrected chi connectivity index (χ1v) is 10.8. The molecular weight excluding hydrogens is 376 g/mol. The van der Waals surface area contributed by atoms with Crippen molar-refractivity contribution in [3.8, 4) is 0 Å². The van der Waals surface area contributed by atoms with Crippen LogP contribution in [0.5, 0.6) is 0 Å². The molecule has 3 aliphatic rings. The third kappa shape index (κ3) is 2.89. The number of nitrogens with one attached hydrogen (secondary N) is 1. The second kappa shape index (κ2) is 6.42. The average molecular weight is 396 g/mol. The molecule has 3 fully saturated rings. The predicted molar refractivity (Wildman–Crippen MR) is 103 cm³/mol. The lowest BCUT2D eigenvalue weighted by atomic mass is 9.87. The molecule has 8 heteroatoms. The maximum Gasteiger partial charge on any atom is 0.253 e. The fourth-order valence-corrected chi connectivity index (χ4v) is 5.76. The molecule has 1 amide bonds. The third-order valence-corrected chi connectivity index (χ3v) is 7.62.